The fourth-order valence-corrected chi connectivity index (χ4v) is 5.69. The SMILES string of the molecule is COC(=O)C1=CCCC2C1(C)CCC(C)C2(C)CCC1=CC(OC)OC1=O. The molecule has 5 nitrogen and oxygen atoms in total. The van der Waals surface area contributed by atoms with Crippen LogP contribution in [0.1, 0.15) is 59.3 Å². The highest BCUT2D eigenvalue weighted by molar-refractivity contribution is 5.91. The average Bonchev–Trinajstić information content (AvgIpc) is 3.02. The molecular weight excluding hydrogens is 344 g/mol. The van der Waals surface area contributed by atoms with Crippen LogP contribution in [0.15, 0.2) is 23.3 Å². The van der Waals surface area contributed by atoms with E-state index in [1.165, 1.54) is 14.2 Å². The third kappa shape index (κ3) is 3.35. The molecule has 0 spiro atoms. The van der Waals surface area contributed by atoms with Gasteiger partial charge in [0, 0.05) is 23.7 Å². The van der Waals surface area contributed by atoms with E-state index in [1.54, 1.807) is 6.08 Å². The van der Waals surface area contributed by atoms with Crippen LogP contribution < -0.4 is 0 Å². The first kappa shape index (κ1) is 20.1. The molecule has 0 aromatic carbocycles. The lowest BCUT2D eigenvalue weighted by molar-refractivity contribution is -0.155. The zero-order chi connectivity index (χ0) is 19.8. The van der Waals surface area contributed by atoms with Gasteiger partial charge in [0.05, 0.1) is 7.11 Å². The topological polar surface area (TPSA) is 61.8 Å². The molecule has 3 rings (SSSR count). The highest BCUT2D eigenvalue weighted by Gasteiger charge is 2.55. The lowest BCUT2D eigenvalue weighted by Gasteiger charge is -2.57. The van der Waals surface area contributed by atoms with Gasteiger partial charge in [-0.3, -0.25) is 0 Å². The lowest BCUT2D eigenvalue weighted by Crippen LogP contribution is -2.51. The van der Waals surface area contributed by atoms with Crippen molar-refractivity contribution >= 4 is 11.9 Å². The number of carbonyl (C=O) groups is 2. The molecule has 0 aromatic heterocycles. The monoisotopic (exact) mass is 376 g/mol. The van der Waals surface area contributed by atoms with E-state index in [4.69, 9.17) is 14.2 Å². The fraction of sp³-hybridized carbons (Fsp3) is 0.727. The summed E-state index contributed by atoms with van der Waals surface area (Å²) in [4.78, 5) is 24.5. The summed E-state index contributed by atoms with van der Waals surface area (Å²) in [5.74, 6) is 0.465. The number of hydrogen-bond donors (Lipinski definition) is 0. The predicted molar refractivity (Wildman–Crippen MR) is 102 cm³/mol. The van der Waals surface area contributed by atoms with Gasteiger partial charge in [-0.1, -0.05) is 26.8 Å². The Morgan fingerprint density at radius 1 is 1.30 bits per heavy atom. The number of methoxy groups -OCH3 is 2. The molecule has 0 bridgehead atoms. The van der Waals surface area contributed by atoms with Crippen molar-refractivity contribution in [1.29, 1.82) is 0 Å². The van der Waals surface area contributed by atoms with E-state index in [0.717, 1.165) is 37.7 Å². The number of ether oxygens (including phenoxy) is 3. The molecular formula is C22H32O5. The molecule has 0 aromatic rings. The van der Waals surface area contributed by atoms with Crippen LogP contribution in [0.25, 0.3) is 0 Å². The van der Waals surface area contributed by atoms with Gasteiger partial charge >= 0.3 is 11.9 Å². The lowest BCUT2D eigenvalue weighted by atomic mass is 9.46. The van der Waals surface area contributed by atoms with Crippen LogP contribution in [0.5, 0.6) is 0 Å². The van der Waals surface area contributed by atoms with Crippen molar-refractivity contribution < 1.29 is 23.8 Å². The van der Waals surface area contributed by atoms with Crippen LogP contribution >= 0.6 is 0 Å². The fourth-order valence-electron chi connectivity index (χ4n) is 5.69. The summed E-state index contributed by atoms with van der Waals surface area (Å²) in [7, 11) is 3.00. The molecule has 3 aliphatic rings. The molecule has 1 heterocycles. The molecule has 150 valence electrons. The Morgan fingerprint density at radius 2 is 2.04 bits per heavy atom. The second kappa shape index (κ2) is 7.42. The number of rotatable bonds is 5. The Balaban J connectivity index is 1.84. The summed E-state index contributed by atoms with van der Waals surface area (Å²) in [5.41, 5.74) is 1.44. The molecule has 5 heteroatoms. The van der Waals surface area contributed by atoms with Gasteiger partial charge in [-0.2, -0.15) is 0 Å². The Kier molecular flexibility index (Phi) is 5.53. The van der Waals surface area contributed by atoms with E-state index in [-0.39, 0.29) is 22.8 Å². The predicted octanol–water partition coefficient (Wildman–Crippen LogP) is 4.17. The maximum atomic E-state index is 12.4. The number of carbonyl (C=O) groups excluding carboxylic acids is 2. The highest BCUT2D eigenvalue weighted by Crippen LogP contribution is 2.62. The molecule has 0 radical (unpaired) electrons. The van der Waals surface area contributed by atoms with Crippen molar-refractivity contribution in [3.63, 3.8) is 0 Å². The van der Waals surface area contributed by atoms with Gasteiger partial charge in [0.1, 0.15) is 0 Å². The van der Waals surface area contributed by atoms with Crippen molar-refractivity contribution in [3.05, 3.63) is 23.3 Å². The molecule has 5 unspecified atom stereocenters. The number of fused-ring (bicyclic) bond motifs is 1. The number of esters is 2. The van der Waals surface area contributed by atoms with E-state index >= 15 is 0 Å². The molecule has 1 saturated carbocycles. The number of hydrogen-bond acceptors (Lipinski definition) is 5. The summed E-state index contributed by atoms with van der Waals surface area (Å²) in [6, 6.07) is 0. The minimum absolute atomic E-state index is 0.0484. The minimum atomic E-state index is -0.558. The van der Waals surface area contributed by atoms with Gasteiger partial charge in [0.15, 0.2) is 0 Å². The third-order valence-corrected chi connectivity index (χ3v) is 7.60. The summed E-state index contributed by atoms with van der Waals surface area (Å²) in [6.45, 7) is 6.89. The molecule has 1 fully saturated rings. The standard InChI is InChI=1S/C22H32O5/c1-14-9-11-22(3)16(20(24)26-5)7-6-8-17(22)21(14,2)12-10-15-13-18(25-4)27-19(15)23/h7,13-14,17-18H,6,8-12H2,1-5H3. The van der Waals surface area contributed by atoms with Gasteiger partial charge in [-0.05, 0) is 61.9 Å². The van der Waals surface area contributed by atoms with Gasteiger partial charge in [0.2, 0.25) is 6.29 Å². The van der Waals surface area contributed by atoms with Crippen LogP contribution in [0.4, 0.5) is 0 Å². The molecule has 5 atom stereocenters. The summed E-state index contributed by atoms with van der Waals surface area (Å²) in [6.07, 6.45) is 8.96. The van der Waals surface area contributed by atoms with E-state index in [1.807, 2.05) is 0 Å². The van der Waals surface area contributed by atoms with Gasteiger partial charge < -0.3 is 14.2 Å². The van der Waals surface area contributed by atoms with Gasteiger partial charge in [0.25, 0.3) is 0 Å². The first-order chi connectivity index (χ1) is 12.8. The van der Waals surface area contributed by atoms with Crippen LogP contribution in [0, 0.1) is 22.7 Å². The third-order valence-electron chi connectivity index (χ3n) is 7.60. The zero-order valence-electron chi connectivity index (χ0n) is 17.2. The Morgan fingerprint density at radius 3 is 2.67 bits per heavy atom. The van der Waals surface area contributed by atoms with Gasteiger partial charge in [-0.25, -0.2) is 9.59 Å². The molecule has 0 saturated heterocycles. The van der Waals surface area contributed by atoms with Crippen molar-refractivity contribution in [2.75, 3.05) is 14.2 Å². The second-order valence-electron chi connectivity index (χ2n) is 8.80. The molecule has 27 heavy (non-hydrogen) atoms. The Hall–Kier alpha value is -1.62. The smallest absolute Gasteiger partial charge is 0.336 e. The summed E-state index contributed by atoms with van der Waals surface area (Å²) >= 11 is 0. The first-order valence-electron chi connectivity index (χ1n) is 9.99. The summed E-state index contributed by atoms with van der Waals surface area (Å²) in [5, 5.41) is 0. The highest BCUT2D eigenvalue weighted by atomic mass is 16.7. The molecule has 2 aliphatic carbocycles. The number of allylic oxidation sites excluding steroid dienone is 1. The molecule has 0 N–H and O–H groups in total. The Bertz CT molecular complexity index is 678. The van der Waals surface area contributed by atoms with Crippen LogP contribution in [-0.2, 0) is 23.8 Å². The van der Waals surface area contributed by atoms with E-state index < -0.39 is 6.29 Å². The zero-order valence-corrected chi connectivity index (χ0v) is 17.2. The van der Waals surface area contributed by atoms with Crippen LogP contribution in [0.2, 0.25) is 0 Å². The average molecular weight is 376 g/mol. The second-order valence-corrected chi connectivity index (χ2v) is 8.80. The van der Waals surface area contributed by atoms with Crippen molar-refractivity contribution in [3.8, 4) is 0 Å². The van der Waals surface area contributed by atoms with E-state index in [9.17, 15) is 9.59 Å². The maximum absolute atomic E-state index is 12.4. The minimum Gasteiger partial charge on any atom is -0.466 e. The van der Waals surface area contributed by atoms with Crippen molar-refractivity contribution in [2.24, 2.45) is 22.7 Å². The first-order valence-corrected chi connectivity index (χ1v) is 9.99. The van der Waals surface area contributed by atoms with Gasteiger partial charge in [-0.15, -0.1) is 0 Å². The molecule has 0 amide bonds. The quantitative estimate of drug-likeness (QED) is 0.674. The molecule has 1 aliphatic heterocycles. The van der Waals surface area contributed by atoms with Crippen LogP contribution in [-0.4, -0.2) is 32.4 Å². The maximum Gasteiger partial charge on any atom is 0.336 e. The van der Waals surface area contributed by atoms with Crippen molar-refractivity contribution in [2.45, 2.75) is 65.6 Å². The van der Waals surface area contributed by atoms with E-state index in [0.29, 0.717) is 23.8 Å². The Labute approximate surface area is 162 Å². The van der Waals surface area contributed by atoms with Crippen molar-refractivity contribution in [1.82, 2.24) is 0 Å². The largest absolute Gasteiger partial charge is 0.466 e. The van der Waals surface area contributed by atoms with E-state index in [2.05, 4.69) is 26.8 Å². The number of cyclic esters (lactones) is 1. The summed E-state index contributed by atoms with van der Waals surface area (Å²) < 4.78 is 15.4. The normalized spacial score (nSPS) is 38.6. The van der Waals surface area contributed by atoms with Crippen LogP contribution in [0.3, 0.4) is 0 Å².